The van der Waals surface area contributed by atoms with E-state index in [1.165, 1.54) is 4.68 Å². The number of aromatic nitrogens is 4. The Morgan fingerprint density at radius 1 is 1.56 bits per heavy atom. The molecule has 0 aliphatic rings. The lowest BCUT2D eigenvalue weighted by atomic mass is 9.99. The van der Waals surface area contributed by atoms with Crippen molar-refractivity contribution in [1.29, 1.82) is 0 Å². The van der Waals surface area contributed by atoms with Gasteiger partial charge < -0.3 is 5.11 Å². The largest absolute Gasteiger partial charge is 0.481 e. The molecule has 1 aromatic heterocycles. The molecule has 2 rings (SSSR count). The third kappa shape index (κ3) is 2.65. The van der Waals surface area contributed by atoms with E-state index in [2.05, 4.69) is 15.5 Å². The molecule has 0 amide bonds. The van der Waals surface area contributed by atoms with Crippen molar-refractivity contribution in [3.8, 4) is 0 Å². The van der Waals surface area contributed by atoms with Crippen molar-refractivity contribution in [1.82, 2.24) is 20.2 Å². The van der Waals surface area contributed by atoms with Gasteiger partial charge in [-0.25, -0.2) is 4.68 Å². The van der Waals surface area contributed by atoms with Crippen LogP contribution >= 0.6 is 11.6 Å². The van der Waals surface area contributed by atoms with Crippen LogP contribution < -0.4 is 0 Å². The smallest absolute Gasteiger partial charge is 0.314 e. The van der Waals surface area contributed by atoms with Crippen LogP contribution in [0.25, 0.3) is 0 Å². The number of aliphatic carboxylic acids is 1. The predicted octanol–water partition coefficient (Wildman–Crippen LogP) is 1.27. The Labute approximate surface area is 108 Å². The van der Waals surface area contributed by atoms with Crippen molar-refractivity contribution in [3.63, 3.8) is 0 Å². The van der Waals surface area contributed by atoms with Gasteiger partial charge in [0, 0.05) is 12.1 Å². The van der Waals surface area contributed by atoms with Crippen LogP contribution in [0, 0.1) is 0 Å². The number of rotatable bonds is 4. The predicted molar refractivity (Wildman–Crippen MR) is 64.3 cm³/mol. The zero-order valence-electron chi connectivity index (χ0n) is 9.62. The SMILES string of the molecule is Cn1nnnc1C(Cc1cccc(Cl)c1)C(=O)O. The van der Waals surface area contributed by atoms with E-state index in [0.29, 0.717) is 17.3 Å². The highest BCUT2D eigenvalue weighted by molar-refractivity contribution is 6.30. The molecule has 0 aliphatic carbocycles. The Morgan fingerprint density at radius 3 is 2.89 bits per heavy atom. The molecule has 1 N–H and O–H groups in total. The molecule has 6 nitrogen and oxygen atoms in total. The molecule has 1 heterocycles. The summed E-state index contributed by atoms with van der Waals surface area (Å²) in [7, 11) is 1.61. The molecule has 7 heteroatoms. The first-order chi connectivity index (χ1) is 8.58. The number of carboxylic acids is 1. The number of nitrogens with zero attached hydrogens (tertiary/aromatic N) is 4. The van der Waals surface area contributed by atoms with E-state index in [-0.39, 0.29) is 0 Å². The molecule has 18 heavy (non-hydrogen) atoms. The van der Waals surface area contributed by atoms with Crippen LogP contribution in [-0.2, 0) is 18.3 Å². The summed E-state index contributed by atoms with van der Waals surface area (Å²) in [4.78, 5) is 11.3. The van der Waals surface area contributed by atoms with Crippen molar-refractivity contribution in [2.24, 2.45) is 7.05 Å². The summed E-state index contributed by atoms with van der Waals surface area (Å²) in [6.07, 6.45) is 0.296. The van der Waals surface area contributed by atoms with Gasteiger partial charge in [0.25, 0.3) is 0 Å². The van der Waals surface area contributed by atoms with Gasteiger partial charge in [-0.1, -0.05) is 23.7 Å². The molecular weight excluding hydrogens is 256 g/mol. The normalized spacial score (nSPS) is 12.3. The lowest BCUT2D eigenvalue weighted by Gasteiger charge is -2.10. The molecule has 0 saturated heterocycles. The molecule has 1 unspecified atom stereocenters. The Morgan fingerprint density at radius 2 is 2.33 bits per heavy atom. The van der Waals surface area contributed by atoms with Crippen LogP contribution in [0.5, 0.6) is 0 Å². The van der Waals surface area contributed by atoms with Gasteiger partial charge in [0.15, 0.2) is 5.82 Å². The average molecular weight is 267 g/mol. The zero-order valence-corrected chi connectivity index (χ0v) is 10.4. The number of benzene rings is 1. The monoisotopic (exact) mass is 266 g/mol. The fourth-order valence-electron chi connectivity index (χ4n) is 1.72. The number of aryl methyl sites for hydroxylation is 1. The summed E-state index contributed by atoms with van der Waals surface area (Å²) >= 11 is 5.87. The van der Waals surface area contributed by atoms with E-state index in [9.17, 15) is 9.90 Å². The molecule has 1 atom stereocenters. The van der Waals surface area contributed by atoms with E-state index in [1.54, 1.807) is 25.2 Å². The van der Waals surface area contributed by atoms with E-state index >= 15 is 0 Å². The second kappa shape index (κ2) is 5.14. The minimum Gasteiger partial charge on any atom is -0.481 e. The second-order valence-corrected chi connectivity index (χ2v) is 4.32. The molecular formula is C11H11ClN4O2. The summed E-state index contributed by atoms with van der Waals surface area (Å²) < 4.78 is 1.36. The minimum atomic E-state index is -0.965. The highest BCUT2D eigenvalue weighted by Gasteiger charge is 2.25. The Balaban J connectivity index is 2.28. The van der Waals surface area contributed by atoms with Gasteiger partial charge in [-0.05, 0) is 34.5 Å². The molecule has 0 bridgehead atoms. The summed E-state index contributed by atoms with van der Waals surface area (Å²) in [5.41, 5.74) is 0.831. The average Bonchev–Trinajstić information content (AvgIpc) is 2.72. The molecule has 0 radical (unpaired) electrons. The summed E-state index contributed by atoms with van der Waals surface area (Å²) in [6, 6.07) is 7.09. The number of hydrogen-bond acceptors (Lipinski definition) is 4. The number of tetrazole rings is 1. The van der Waals surface area contributed by atoms with Crippen LogP contribution in [0.15, 0.2) is 24.3 Å². The first-order valence-electron chi connectivity index (χ1n) is 5.27. The van der Waals surface area contributed by atoms with E-state index < -0.39 is 11.9 Å². The number of carbonyl (C=O) groups is 1. The van der Waals surface area contributed by atoms with Gasteiger partial charge in [0.05, 0.1) is 0 Å². The van der Waals surface area contributed by atoms with Gasteiger partial charge in [0.2, 0.25) is 0 Å². The second-order valence-electron chi connectivity index (χ2n) is 3.89. The van der Waals surface area contributed by atoms with E-state index in [1.807, 2.05) is 6.07 Å². The summed E-state index contributed by atoms with van der Waals surface area (Å²) in [5.74, 6) is -1.43. The zero-order chi connectivity index (χ0) is 13.1. The molecule has 1 aromatic carbocycles. The molecule has 0 aliphatic heterocycles. The van der Waals surface area contributed by atoms with Gasteiger partial charge >= 0.3 is 5.97 Å². The lowest BCUT2D eigenvalue weighted by molar-refractivity contribution is -0.139. The van der Waals surface area contributed by atoms with Crippen LogP contribution in [0.2, 0.25) is 5.02 Å². The van der Waals surface area contributed by atoms with Gasteiger partial charge in [-0.2, -0.15) is 0 Å². The van der Waals surface area contributed by atoms with E-state index in [0.717, 1.165) is 5.56 Å². The first kappa shape index (κ1) is 12.5. The lowest BCUT2D eigenvalue weighted by Crippen LogP contribution is -2.19. The topological polar surface area (TPSA) is 80.9 Å². The first-order valence-corrected chi connectivity index (χ1v) is 5.65. The van der Waals surface area contributed by atoms with Crippen LogP contribution in [0.1, 0.15) is 17.3 Å². The Bertz CT molecular complexity index is 570. The van der Waals surface area contributed by atoms with Crippen molar-refractivity contribution in [3.05, 3.63) is 40.7 Å². The molecule has 2 aromatic rings. The maximum Gasteiger partial charge on any atom is 0.314 e. The Kier molecular flexibility index (Phi) is 3.57. The van der Waals surface area contributed by atoms with Crippen LogP contribution in [0.3, 0.4) is 0 Å². The van der Waals surface area contributed by atoms with E-state index in [4.69, 9.17) is 11.6 Å². The third-order valence-corrected chi connectivity index (χ3v) is 2.83. The summed E-state index contributed by atoms with van der Waals surface area (Å²) in [6.45, 7) is 0. The van der Waals surface area contributed by atoms with Crippen molar-refractivity contribution < 1.29 is 9.90 Å². The van der Waals surface area contributed by atoms with Gasteiger partial charge in [-0.3, -0.25) is 4.79 Å². The van der Waals surface area contributed by atoms with Crippen molar-refractivity contribution >= 4 is 17.6 Å². The van der Waals surface area contributed by atoms with Crippen molar-refractivity contribution in [2.75, 3.05) is 0 Å². The fraction of sp³-hybridized carbons (Fsp3) is 0.273. The highest BCUT2D eigenvalue weighted by Crippen LogP contribution is 2.20. The maximum atomic E-state index is 11.3. The molecule has 0 spiro atoms. The molecule has 0 saturated carbocycles. The van der Waals surface area contributed by atoms with Crippen LogP contribution in [0.4, 0.5) is 0 Å². The summed E-state index contributed by atoms with van der Waals surface area (Å²) in [5, 5.41) is 20.7. The van der Waals surface area contributed by atoms with Gasteiger partial charge in [-0.15, -0.1) is 5.10 Å². The fourth-order valence-corrected chi connectivity index (χ4v) is 1.93. The number of halogens is 1. The number of carboxylic acid groups (broad SMARTS) is 1. The number of hydrogen-bond donors (Lipinski definition) is 1. The molecule has 0 fully saturated rings. The Hall–Kier alpha value is -1.95. The molecule has 94 valence electrons. The quantitative estimate of drug-likeness (QED) is 0.901. The minimum absolute atomic E-state index is 0.296. The van der Waals surface area contributed by atoms with Gasteiger partial charge in [0.1, 0.15) is 5.92 Å². The van der Waals surface area contributed by atoms with Crippen molar-refractivity contribution in [2.45, 2.75) is 12.3 Å². The highest BCUT2D eigenvalue weighted by atomic mass is 35.5. The van der Waals surface area contributed by atoms with Crippen LogP contribution in [-0.4, -0.2) is 31.3 Å². The third-order valence-electron chi connectivity index (χ3n) is 2.59. The standard InChI is InChI=1S/C11H11ClN4O2/c1-16-10(13-14-15-16)9(11(17)18)6-7-3-2-4-8(12)5-7/h2-5,9H,6H2,1H3,(H,17,18). The maximum absolute atomic E-state index is 11.3.